The van der Waals surface area contributed by atoms with E-state index in [0.717, 1.165) is 11.6 Å². The third kappa shape index (κ3) is 1.66. The van der Waals surface area contributed by atoms with Crippen molar-refractivity contribution in [2.45, 2.75) is 51.9 Å². The summed E-state index contributed by atoms with van der Waals surface area (Å²) in [7, 11) is 0. The van der Waals surface area contributed by atoms with E-state index < -0.39 is 0 Å². The highest BCUT2D eigenvalue weighted by Gasteiger charge is 2.54. The van der Waals surface area contributed by atoms with Gasteiger partial charge < -0.3 is 0 Å². The van der Waals surface area contributed by atoms with Crippen LogP contribution in [0.25, 0.3) is 0 Å². The van der Waals surface area contributed by atoms with E-state index in [1.807, 2.05) is 0 Å². The monoisotopic (exact) mass is 215 g/mol. The van der Waals surface area contributed by atoms with Crippen molar-refractivity contribution in [3.63, 3.8) is 0 Å². The van der Waals surface area contributed by atoms with Crippen molar-refractivity contribution in [1.29, 1.82) is 0 Å². The van der Waals surface area contributed by atoms with Crippen LogP contribution in [0.1, 0.15) is 51.9 Å². The number of nitrogens with zero attached hydrogens (tertiary/aromatic N) is 1. The second-order valence-electron chi connectivity index (χ2n) is 5.65. The van der Waals surface area contributed by atoms with Crippen molar-refractivity contribution in [3.8, 4) is 0 Å². The molecule has 86 valence electrons. The predicted octanol–water partition coefficient (Wildman–Crippen LogP) is 4.26. The van der Waals surface area contributed by atoms with Crippen molar-refractivity contribution in [3.05, 3.63) is 23.4 Å². The molecule has 0 aromatic heterocycles. The van der Waals surface area contributed by atoms with Gasteiger partial charge in [0, 0.05) is 17.3 Å². The summed E-state index contributed by atoms with van der Waals surface area (Å²) in [6, 6.07) is 0. The highest BCUT2D eigenvalue weighted by Crippen LogP contribution is 2.60. The first-order valence-corrected chi connectivity index (χ1v) is 6.74. The molecule has 1 heteroatoms. The van der Waals surface area contributed by atoms with Crippen molar-refractivity contribution in [2.24, 2.45) is 16.3 Å². The fourth-order valence-electron chi connectivity index (χ4n) is 3.35. The standard InChI is InChI=1S/C15H21N/c1-12-8-9-13-6-4-2-3-5-7-14-10-15(13,14)11-16-12/h8-9,11,14H,2-7,10H2,1H3. The van der Waals surface area contributed by atoms with Gasteiger partial charge in [0.2, 0.25) is 0 Å². The molecule has 0 aromatic carbocycles. The van der Waals surface area contributed by atoms with Gasteiger partial charge in [0.05, 0.1) is 0 Å². The Balaban J connectivity index is 1.92. The van der Waals surface area contributed by atoms with Gasteiger partial charge in [-0.2, -0.15) is 0 Å². The van der Waals surface area contributed by atoms with Crippen LogP contribution in [0, 0.1) is 11.3 Å². The van der Waals surface area contributed by atoms with Crippen LogP contribution in [0.4, 0.5) is 0 Å². The molecule has 0 aromatic rings. The van der Waals surface area contributed by atoms with E-state index in [0.29, 0.717) is 5.41 Å². The molecule has 0 saturated heterocycles. The van der Waals surface area contributed by atoms with Crippen molar-refractivity contribution in [2.75, 3.05) is 0 Å². The Kier molecular flexibility index (Phi) is 2.49. The first kappa shape index (κ1) is 10.3. The second kappa shape index (κ2) is 3.87. The molecule has 1 spiro atoms. The van der Waals surface area contributed by atoms with Crippen LogP contribution in [-0.2, 0) is 0 Å². The van der Waals surface area contributed by atoms with E-state index >= 15 is 0 Å². The molecule has 1 aliphatic heterocycles. The number of rotatable bonds is 0. The summed E-state index contributed by atoms with van der Waals surface area (Å²) in [6.45, 7) is 2.10. The lowest BCUT2D eigenvalue weighted by Gasteiger charge is -2.15. The Labute approximate surface area is 98.3 Å². The molecular weight excluding hydrogens is 194 g/mol. The smallest absolute Gasteiger partial charge is 0.0369 e. The molecule has 1 heterocycles. The Hall–Kier alpha value is -0.850. The largest absolute Gasteiger partial charge is 0.265 e. The minimum atomic E-state index is 0.387. The van der Waals surface area contributed by atoms with Crippen LogP contribution < -0.4 is 0 Å². The zero-order valence-corrected chi connectivity index (χ0v) is 10.2. The van der Waals surface area contributed by atoms with E-state index in [4.69, 9.17) is 0 Å². The summed E-state index contributed by atoms with van der Waals surface area (Å²) < 4.78 is 0. The van der Waals surface area contributed by atoms with Crippen molar-refractivity contribution in [1.82, 2.24) is 0 Å². The van der Waals surface area contributed by atoms with E-state index in [-0.39, 0.29) is 0 Å². The second-order valence-corrected chi connectivity index (χ2v) is 5.65. The molecule has 16 heavy (non-hydrogen) atoms. The number of hydrogen-bond acceptors (Lipinski definition) is 1. The maximum Gasteiger partial charge on any atom is 0.0369 e. The molecule has 0 bridgehead atoms. The third-order valence-corrected chi connectivity index (χ3v) is 4.52. The lowest BCUT2D eigenvalue weighted by atomic mass is 9.90. The van der Waals surface area contributed by atoms with Gasteiger partial charge in [-0.05, 0) is 44.6 Å². The summed E-state index contributed by atoms with van der Waals surface area (Å²) >= 11 is 0. The summed E-state index contributed by atoms with van der Waals surface area (Å²) in [6.07, 6.45) is 16.6. The molecule has 0 amide bonds. The fourth-order valence-corrected chi connectivity index (χ4v) is 3.35. The Morgan fingerprint density at radius 2 is 2.06 bits per heavy atom. The molecule has 2 saturated carbocycles. The van der Waals surface area contributed by atoms with Gasteiger partial charge in [-0.15, -0.1) is 0 Å². The van der Waals surface area contributed by atoms with Gasteiger partial charge in [0.1, 0.15) is 0 Å². The topological polar surface area (TPSA) is 12.4 Å². The predicted molar refractivity (Wildman–Crippen MR) is 68.6 cm³/mol. The molecule has 2 fully saturated rings. The minimum Gasteiger partial charge on any atom is -0.265 e. The lowest BCUT2D eigenvalue weighted by Crippen LogP contribution is -2.09. The van der Waals surface area contributed by atoms with Crippen LogP contribution in [-0.4, -0.2) is 6.21 Å². The molecule has 2 unspecified atom stereocenters. The van der Waals surface area contributed by atoms with E-state index in [1.165, 1.54) is 44.9 Å². The molecule has 2 atom stereocenters. The lowest BCUT2D eigenvalue weighted by molar-refractivity contribution is 0.586. The van der Waals surface area contributed by atoms with Crippen molar-refractivity contribution >= 4 is 6.21 Å². The van der Waals surface area contributed by atoms with Gasteiger partial charge in [0.25, 0.3) is 0 Å². The number of allylic oxidation sites excluding steroid dienone is 4. The Morgan fingerprint density at radius 3 is 3.00 bits per heavy atom. The van der Waals surface area contributed by atoms with Gasteiger partial charge >= 0.3 is 0 Å². The van der Waals surface area contributed by atoms with Gasteiger partial charge in [0.15, 0.2) is 0 Å². The van der Waals surface area contributed by atoms with E-state index in [2.05, 4.69) is 30.3 Å². The summed E-state index contributed by atoms with van der Waals surface area (Å²) in [5, 5.41) is 0. The Bertz CT molecular complexity index is 375. The van der Waals surface area contributed by atoms with E-state index in [1.54, 1.807) is 5.57 Å². The Morgan fingerprint density at radius 1 is 1.19 bits per heavy atom. The van der Waals surface area contributed by atoms with Crippen molar-refractivity contribution < 1.29 is 0 Å². The third-order valence-electron chi connectivity index (χ3n) is 4.52. The molecule has 2 aliphatic carbocycles. The summed E-state index contributed by atoms with van der Waals surface area (Å²) in [5.41, 5.74) is 3.22. The molecule has 3 rings (SSSR count). The highest BCUT2D eigenvalue weighted by atomic mass is 14.8. The SMILES string of the molecule is CC1=CC=C2CCCCCCC3CC23C=N1. The first-order valence-electron chi connectivity index (χ1n) is 6.74. The fraction of sp³-hybridized carbons (Fsp3) is 0.667. The normalized spacial score (nSPS) is 37.9. The molecule has 1 nitrogen and oxygen atoms in total. The maximum absolute atomic E-state index is 4.61. The maximum atomic E-state index is 4.61. The van der Waals surface area contributed by atoms with Gasteiger partial charge in [-0.25, -0.2) is 0 Å². The zero-order chi connectivity index (χ0) is 11.0. The van der Waals surface area contributed by atoms with Gasteiger partial charge in [-0.1, -0.05) is 30.9 Å². The van der Waals surface area contributed by atoms with Gasteiger partial charge in [-0.3, -0.25) is 4.99 Å². The van der Waals surface area contributed by atoms with E-state index in [9.17, 15) is 0 Å². The minimum absolute atomic E-state index is 0.387. The van der Waals surface area contributed by atoms with Crippen LogP contribution in [0.15, 0.2) is 28.4 Å². The molecule has 0 radical (unpaired) electrons. The summed E-state index contributed by atoms with van der Waals surface area (Å²) in [5.74, 6) is 0.903. The molecular formula is C15H21N. The molecule has 0 N–H and O–H groups in total. The van der Waals surface area contributed by atoms with Crippen LogP contribution >= 0.6 is 0 Å². The zero-order valence-electron chi connectivity index (χ0n) is 10.2. The molecule has 3 aliphatic rings. The number of hydrogen-bond donors (Lipinski definition) is 0. The first-order chi connectivity index (χ1) is 7.81. The summed E-state index contributed by atoms with van der Waals surface area (Å²) in [4.78, 5) is 4.61. The van der Waals surface area contributed by atoms with Crippen LogP contribution in [0.3, 0.4) is 0 Å². The number of aliphatic imine (C=N–C) groups is 1. The quantitative estimate of drug-likeness (QED) is 0.572. The van der Waals surface area contributed by atoms with Crippen LogP contribution in [0.5, 0.6) is 0 Å². The highest BCUT2D eigenvalue weighted by molar-refractivity contribution is 5.77. The van der Waals surface area contributed by atoms with Crippen LogP contribution in [0.2, 0.25) is 0 Å². The average molecular weight is 215 g/mol. The average Bonchev–Trinajstić information content (AvgIpc) is 3.00.